The van der Waals surface area contributed by atoms with Gasteiger partial charge in [-0.25, -0.2) is 13.8 Å². The van der Waals surface area contributed by atoms with Crippen LogP contribution >= 0.6 is 0 Å². The van der Waals surface area contributed by atoms with Gasteiger partial charge in [0, 0.05) is 12.3 Å². The number of aliphatic imine (C=N–C) groups is 2. The van der Waals surface area contributed by atoms with E-state index in [-0.39, 0.29) is 6.04 Å². The topological polar surface area (TPSA) is 24.7 Å². The van der Waals surface area contributed by atoms with Crippen molar-refractivity contribution in [2.75, 3.05) is 0 Å². The summed E-state index contributed by atoms with van der Waals surface area (Å²) in [5, 5.41) is 0. The molecule has 1 aromatic carbocycles. The molecule has 0 aromatic heterocycles. The molecular formula is C9H6F2N2. The molecular weight excluding hydrogens is 174 g/mol. The Bertz CT molecular complexity index is 353. The molecule has 4 heteroatoms. The number of nitrogens with zero attached hydrogens (tertiary/aromatic N) is 2. The minimum absolute atomic E-state index is 0.342. The highest BCUT2D eigenvalue weighted by Gasteiger charge is 2.11. The maximum absolute atomic E-state index is 12.7. The van der Waals surface area contributed by atoms with Gasteiger partial charge in [-0.3, -0.25) is 4.99 Å². The van der Waals surface area contributed by atoms with E-state index in [2.05, 4.69) is 9.98 Å². The molecule has 1 aliphatic rings. The van der Waals surface area contributed by atoms with Crippen molar-refractivity contribution < 1.29 is 8.78 Å². The molecule has 66 valence electrons. The predicted molar refractivity (Wildman–Crippen MR) is 46.1 cm³/mol. The Hall–Kier alpha value is -1.58. The first-order valence-electron chi connectivity index (χ1n) is 3.76. The number of hydrogen-bond acceptors (Lipinski definition) is 2. The lowest BCUT2D eigenvalue weighted by atomic mass is 10.1. The van der Waals surface area contributed by atoms with Gasteiger partial charge in [0.15, 0.2) is 0 Å². The van der Waals surface area contributed by atoms with Crippen molar-refractivity contribution in [3.8, 4) is 0 Å². The Morgan fingerprint density at radius 1 is 1.08 bits per heavy atom. The van der Waals surface area contributed by atoms with Crippen LogP contribution in [-0.2, 0) is 0 Å². The van der Waals surface area contributed by atoms with E-state index >= 15 is 0 Å². The second-order valence-corrected chi connectivity index (χ2v) is 2.71. The van der Waals surface area contributed by atoms with E-state index in [0.29, 0.717) is 5.56 Å². The van der Waals surface area contributed by atoms with E-state index < -0.39 is 11.6 Å². The summed E-state index contributed by atoms with van der Waals surface area (Å²) < 4.78 is 25.5. The summed E-state index contributed by atoms with van der Waals surface area (Å²) in [7, 11) is 0. The quantitative estimate of drug-likeness (QED) is 0.632. The van der Waals surface area contributed by atoms with E-state index in [4.69, 9.17) is 0 Å². The summed E-state index contributed by atoms with van der Waals surface area (Å²) in [6, 6.07) is 3.00. The van der Waals surface area contributed by atoms with Gasteiger partial charge in [0.1, 0.15) is 24.0 Å². The molecule has 2 nitrogen and oxygen atoms in total. The molecule has 13 heavy (non-hydrogen) atoms. The van der Waals surface area contributed by atoms with Crippen molar-refractivity contribution in [1.29, 1.82) is 0 Å². The lowest BCUT2D eigenvalue weighted by molar-refractivity contribution is 0.579. The van der Waals surface area contributed by atoms with Crippen molar-refractivity contribution in [2.45, 2.75) is 6.04 Å². The highest BCUT2D eigenvalue weighted by atomic mass is 19.1. The zero-order chi connectivity index (χ0) is 9.26. The number of benzene rings is 1. The van der Waals surface area contributed by atoms with Gasteiger partial charge in [-0.15, -0.1) is 0 Å². The molecule has 0 saturated carbocycles. The zero-order valence-electron chi connectivity index (χ0n) is 6.61. The average Bonchev–Trinajstić information content (AvgIpc) is 2.53. The molecule has 1 aromatic rings. The van der Waals surface area contributed by atoms with Crippen molar-refractivity contribution in [1.82, 2.24) is 0 Å². The first-order valence-corrected chi connectivity index (χ1v) is 3.76. The number of rotatable bonds is 1. The summed E-state index contributed by atoms with van der Waals surface area (Å²) in [5.41, 5.74) is 0.481. The van der Waals surface area contributed by atoms with Crippen LogP contribution in [0, 0.1) is 11.6 Å². The van der Waals surface area contributed by atoms with Crippen LogP contribution in [0.25, 0.3) is 0 Å². The lowest BCUT2D eigenvalue weighted by Crippen LogP contribution is -1.95. The molecule has 0 aliphatic carbocycles. The molecule has 1 atom stereocenters. The Balaban J connectivity index is 2.40. The smallest absolute Gasteiger partial charge is 0.126 e. The van der Waals surface area contributed by atoms with E-state index in [1.807, 2.05) is 0 Å². The maximum Gasteiger partial charge on any atom is 0.126 e. The van der Waals surface area contributed by atoms with E-state index in [0.717, 1.165) is 6.07 Å². The lowest BCUT2D eigenvalue weighted by Gasteiger charge is -2.03. The average molecular weight is 180 g/mol. The second kappa shape index (κ2) is 3.05. The zero-order valence-corrected chi connectivity index (χ0v) is 6.61. The summed E-state index contributed by atoms with van der Waals surface area (Å²) in [5.74, 6) is -1.18. The fourth-order valence-corrected chi connectivity index (χ4v) is 1.19. The molecule has 1 aliphatic heterocycles. The van der Waals surface area contributed by atoms with Crippen LogP contribution in [0.3, 0.4) is 0 Å². The van der Waals surface area contributed by atoms with Gasteiger partial charge in [-0.05, 0) is 17.7 Å². The summed E-state index contributed by atoms with van der Waals surface area (Å²) in [4.78, 5) is 7.65. The largest absolute Gasteiger partial charge is 0.260 e. The van der Waals surface area contributed by atoms with Crippen molar-refractivity contribution in [3.05, 3.63) is 35.4 Å². The van der Waals surface area contributed by atoms with E-state index in [1.165, 1.54) is 24.7 Å². The number of halogens is 2. The Kier molecular flexibility index (Phi) is 1.88. The third kappa shape index (κ3) is 1.61. The van der Waals surface area contributed by atoms with Crippen LogP contribution in [0.1, 0.15) is 11.6 Å². The summed E-state index contributed by atoms with van der Waals surface area (Å²) in [6.07, 6.45) is 2.90. The fraction of sp³-hybridized carbons (Fsp3) is 0.111. The van der Waals surface area contributed by atoms with Gasteiger partial charge in [0.05, 0.1) is 0 Å². The monoisotopic (exact) mass is 180 g/mol. The SMILES string of the molecule is Fc1cc(F)cc(C2C=NC=N2)c1. The summed E-state index contributed by atoms with van der Waals surface area (Å²) >= 11 is 0. The normalized spacial score (nSPS) is 19.7. The van der Waals surface area contributed by atoms with Gasteiger partial charge >= 0.3 is 0 Å². The molecule has 2 rings (SSSR count). The highest BCUT2D eigenvalue weighted by molar-refractivity contribution is 5.83. The highest BCUT2D eigenvalue weighted by Crippen LogP contribution is 2.19. The van der Waals surface area contributed by atoms with Crippen LogP contribution in [0.2, 0.25) is 0 Å². The van der Waals surface area contributed by atoms with Gasteiger partial charge in [-0.2, -0.15) is 0 Å². The van der Waals surface area contributed by atoms with Crippen LogP contribution in [-0.4, -0.2) is 12.6 Å². The van der Waals surface area contributed by atoms with Gasteiger partial charge in [0.2, 0.25) is 0 Å². The van der Waals surface area contributed by atoms with Crippen molar-refractivity contribution in [3.63, 3.8) is 0 Å². The Morgan fingerprint density at radius 3 is 2.31 bits per heavy atom. The molecule has 0 saturated heterocycles. The summed E-state index contributed by atoms with van der Waals surface area (Å²) in [6.45, 7) is 0. The molecule has 0 N–H and O–H groups in total. The Morgan fingerprint density at radius 2 is 1.77 bits per heavy atom. The maximum atomic E-state index is 12.7. The predicted octanol–water partition coefficient (Wildman–Crippen LogP) is 2.12. The molecule has 0 bridgehead atoms. The van der Waals surface area contributed by atoms with Crippen LogP contribution in [0.15, 0.2) is 28.2 Å². The van der Waals surface area contributed by atoms with Crippen LogP contribution in [0.4, 0.5) is 8.78 Å². The first kappa shape index (κ1) is 8.04. The first-order chi connectivity index (χ1) is 6.25. The standard InChI is InChI=1S/C9H6F2N2/c10-7-1-6(2-8(11)3-7)9-4-12-5-13-9/h1-5,9H. The molecule has 1 heterocycles. The Labute approximate surface area is 73.6 Å². The van der Waals surface area contributed by atoms with Crippen molar-refractivity contribution >= 4 is 12.6 Å². The molecule has 0 amide bonds. The van der Waals surface area contributed by atoms with Crippen LogP contribution in [0.5, 0.6) is 0 Å². The fourth-order valence-electron chi connectivity index (χ4n) is 1.19. The van der Waals surface area contributed by atoms with Gasteiger partial charge in [0.25, 0.3) is 0 Å². The van der Waals surface area contributed by atoms with Gasteiger partial charge in [-0.1, -0.05) is 0 Å². The van der Waals surface area contributed by atoms with Crippen molar-refractivity contribution in [2.24, 2.45) is 9.98 Å². The third-order valence-electron chi connectivity index (χ3n) is 1.75. The van der Waals surface area contributed by atoms with Gasteiger partial charge < -0.3 is 0 Å². The second-order valence-electron chi connectivity index (χ2n) is 2.71. The molecule has 0 radical (unpaired) electrons. The molecule has 1 unspecified atom stereocenters. The molecule has 0 fully saturated rings. The number of hydrogen-bond donors (Lipinski definition) is 0. The van der Waals surface area contributed by atoms with E-state index in [9.17, 15) is 8.78 Å². The minimum atomic E-state index is -0.592. The van der Waals surface area contributed by atoms with Crippen LogP contribution < -0.4 is 0 Å². The third-order valence-corrected chi connectivity index (χ3v) is 1.75. The molecule has 0 spiro atoms. The minimum Gasteiger partial charge on any atom is -0.260 e. The van der Waals surface area contributed by atoms with E-state index in [1.54, 1.807) is 0 Å².